The molecule has 1 aromatic carbocycles. The lowest BCUT2D eigenvalue weighted by molar-refractivity contribution is -0.144. The average molecular weight is 234 g/mol. The molecule has 3 heteroatoms. The van der Waals surface area contributed by atoms with Crippen molar-refractivity contribution in [3.05, 3.63) is 35.9 Å². The van der Waals surface area contributed by atoms with Crippen molar-refractivity contribution in [1.29, 1.82) is 0 Å². The van der Waals surface area contributed by atoms with E-state index >= 15 is 0 Å². The van der Waals surface area contributed by atoms with E-state index in [-0.39, 0.29) is 5.97 Å². The highest BCUT2D eigenvalue weighted by Gasteiger charge is 2.31. The average Bonchev–Trinajstić information content (AvgIpc) is 2.32. The largest absolute Gasteiger partial charge is 0.469 e. The van der Waals surface area contributed by atoms with Gasteiger partial charge in [0.2, 0.25) is 0 Å². The van der Waals surface area contributed by atoms with Crippen molar-refractivity contribution < 1.29 is 14.3 Å². The Kier molecular flexibility index (Phi) is 4.15. The number of carbonyl (C=O) groups is 1. The zero-order valence-electron chi connectivity index (χ0n) is 10.1. The van der Waals surface area contributed by atoms with Gasteiger partial charge in [0.25, 0.3) is 0 Å². The lowest BCUT2D eigenvalue weighted by Gasteiger charge is -2.34. The second-order valence-electron chi connectivity index (χ2n) is 4.54. The molecule has 0 spiro atoms. The molecule has 0 saturated heterocycles. The molecule has 1 aromatic rings. The molecule has 0 atom stereocenters. The molecule has 17 heavy (non-hydrogen) atoms. The Hall–Kier alpha value is -1.35. The zero-order valence-corrected chi connectivity index (χ0v) is 10.1. The maximum Gasteiger partial charge on any atom is 0.305 e. The van der Waals surface area contributed by atoms with E-state index in [0.29, 0.717) is 25.0 Å². The van der Waals surface area contributed by atoms with Gasteiger partial charge < -0.3 is 9.47 Å². The van der Waals surface area contributed by atoms with E-state index in [2.05, 4.69) is 16.9 Å². The third-order valence-corrected chi connectivity index (χ3v) is 3.20. The maximum atomic E-state index is 11.0. The standard InChI is InChI=1S/C14H18O3/c1-16-14(15)9-12-7-13(8-12)17-10-11-5-3-2-4-6-11/h2-6,12-13H,7-10H2,1H3. The highest BCUT2D eigenvalue weighted by atomic mass is 16.5. The van der Waals surface area contributed by atoms with Gasteiger partial charge in [0.1, 0.15) is 0 Å². The van der Waals surface area contributed by atoms with E-state index in [1.807, 2.05) is 18.2 Å². The van der Waals surface area contributed by atoms with Crippen LogP contribution in [0.15, 0.2) is 30.3 Å². The molecular formula is C14H18O3. The molecule has 0 aromatic heterocycles. The van der Waals surface area contributed by atoms with Crippen LogP contribution in [0.5, 0.6) is 0 Å². The first kappa shape index (κ1) is 12.1. The first-order chi connectivity index (χ1) is 8.28. The first-order valence-electron chi connectivity index (χ1n) is 6.00. The van der Waals surface area contributed by atoms with E-state index < -0.39 is 0 Å². The Balaban J connectivity index is 1.63. The Morgan fingerprint density at radius 3 is 2.65 bits per heavy atom. The maximum absolute atomic E-state index is 11.0. The van der Waals surface area contributed by atoms with Gasteiger partial charge in [-0.2, -0.15) is 0 Å². The van der Waals surface area contributed by atoms with Crippen LogP contribution in [0.1, 0.15) is 24.8 Å². The normalized spacial score (nSPS) is 22.9. The molecule has 0 aliphatic heterocycles. The van der Waals surface area contributed by atoms with Crippen LogP contribution < -0.4 is 0 Å². The first-order valence-corrected chi connectivity index (χ1v) is 6.00. The molecule has 0 amide bonds. The van der Waals surface area contributed by atoms with Crippen LogP contribution in [0.4, 0.5) is 0 Å². The number of ether oxygens (including phenoxy) is 2. The predicted molar refractivity (Wildman–Crippen MR) is 64.4 cm³/mol. The summed E-state index contributed by atoms with van der Waals surface area (Å²) in [5, 5.41) is 0. The second kappa shape index (κ2) is 5.82. The van der Waals surface area contributed by atoms with E-state index in [9.17, 15) is 4.79 Å². The fraction of sp³-hybridized carbons (Fsp3) is 0.500. The highest BCUT2D eigenvalue weighted by Crippen LogP contribution is 2.33. The van der Waals surface area contributed by atoms with Crippen LogP contribution in [0, 0.1) is 5.92 Å². The van der Waals surface area contributed by atoms with E-state index in [0.717, 1.165) is 12.8 Å². The summed E-state index contributed by atoms with van der Waals surface area (Å²) in [4.78, 5) is 11.0. The fourth-order valence-electron chi connectivity index (χ4n) is 2.08. The monoisotopic (exact) mass is 234 g/mol. The SMILES string of the molecule is COC(=O)CC1CC(OCc2ccccc2)C1. The predicted octanol–water partition coefficient (Wildman–Crippen LogP) is 2.54. The van der Waals surface area contributed by atoms with Crippen LogP contribution in [0.3, 0.4) is 0 Å². The van der Waals surface area contributed by atoms with Crippen LogP contribution in [-0.2, 0) is 20.9 Å². The molecule has 1 fully saturated rings. The fourth-order valence-corrected chi connectivity index (χ4v) is 2.08. The molecule has 1 aliphatic carbocycles. The molecule has 0 radical (unpaired) electrons. The summed E-state index contributed by atoms with van der Waals surface area (Å²) < 4.78 is 10.4. The Morgan fingerprint density at radius 1 is 1.29 bits per heavy atom. The molecule has 92 valence electrons. The van der Waals surface area contributed by atoms with Crippen LogP contribution in [0.2, 0.25) is 0 Å². The lowest BCUT2D eigenvalue weighted by atomic mass is 9.80. The van der Waals surface area contributed by atoms with Crippen LogP contribution >= 0.6 is 0 Å². The van der Waals surface area contributed by atoms with E-state index in [1.165, 1.54) is 12.7 Å². The molecule has 3 nitrogen and oxygen atoms in total. The number of hydrogen-bond acceptors (Lipinski definition) is 3. The quantitative estimate of drug-likeness (QED) is 0.734. The van der Waals surface area contributed by atoms with Gasteiger partial charge in [-0.25, -0.2) is 0 Å². The summed E-state index contributed by atoms with van der Waals surface area (Å²) in [7, 11) is 1.43. The van der Waals surface area contributed by atoms with Crippen molar-refractivity contribution in [2.75, 3.05) is 7.11 Å². The molecule has 0 N–H and O–H groups in total. The number of hydrogen-bond donors (Lipinski definition) is 0. The Labute approximate surface area is 102 Å². The lowest BCUT2D eigenvalue weighted by Crippen LogP contribution is -2.32. The van der Waals surface area contributed by atoms with Crippen molar-refractivity contribution in [2.45, 2.75) is 32.0 Å². The van der Waals surface area contributed by atoms with Gasteiger partial charge in [-0.15, -0.1) is 0 Å². The molecule has 0 heterocycles. The second-order valence-corrected chi connectivity index (χ2v) is 4.54. The van der Waals surface area contributed by atoms with Gasteiger partial charge in [0.15, 0.2) is 0 Å². The van der Waals surface area contributed by atoms with Crippen molar-refractivity contribution in [3.8, 4) is 0 Å². The van der Waals surface area contributed by atoms with Gasteiger partial charge in [0, 0.05) is 6.42 Å². The van der Waals surface area contributed by atoms with E-state index in [1.54, 1.807) is 0 Å². The smallest absolute Gasteiger partial charge is 0.305 e. The molecule has 2 rings (SSSR count). The third-order valence-electron chi connectivity index (χ3n) is 3.20. The number of carbonyl (C=O) groups excluding carboxylic acids is 1. The number of benzene rings is 1. The minimum Gasteiger partial charge on any atom is -0.469 e. The number of methoxy groups -OCH3 is 1. The van der Waals surface area contributed by atoms with Gasteiger partial charge in [-0.1, -0.05) is 30.3 Å². The summed E-state index contributed by atoms with van der Waals surface area (Å²) in [5.74, 6) is 0.333. The van der Waals surface area contributed by atoms with E-state index in [4.69, 9.17) is 4.74 Å². The van der Waals surface area contributed by atoms with Gasteiger partial charge >= 0.3 is 5.97 Å². The highest BCUT2D eigenvalue weighted by molar-refractivity contribution is 5.69. The topological polar surface area (TPSA) is 35.5 Å². The van der Waals surface area contributed by atoms with Crippen molar-refractivity contribution >= 4 is 5.97 Å². The minimum absolute atomic E-state index is 0.114. The van der Waals surface area contributed by atoms with Crippen molar-refractivity contribution in [1.82, 2.24) is 0 Å². The minimum atomic E-state index is -0.114. The third kappa shape index (κ3) is 3.56. The Bertz CT molecular complexity index is 355. The van der Waals surface area contributed by atoms with Gasteiger partial charge in [-0.3, -0.25) is 4.79 Å². The zero-order chi connectivity index (χ0) is 12.1. The summed E-state index contributed by atoms with van der Waals surface area (Å²) in [6, 6.07) is 10.1. The summed E-state index contributed by atoms with van der Waals surface area (Å²) >= 11 is 0. The number of esters is 1. The van der Waals surface area contributed by atoms with Crippen molar-refractivity contribution in [2.24, 2.45) is 5.92 Å². The van der Waals surface area contributed by atoms with Gasteiger partial charge in [0.05, 0.1) is 19.8 Å². The summed E-state index contributed by atoms with van der Waals surface area (Å²) in [5.41, 5.74) is 1.20. The van der Waals surface area contributed by atoms with Crippen LogP contribution in [-0.4, -0.2) is 19.2 Å². The van der Waals surface area contributed by atoms with Crippen LogP contribution in [0.25, 0.3) is 0 Å². The number of rotatable bonds is 5. The Morgan fingerprint density at radius 2 is 2.00 bits per heavy atom. The summed E-state index contributed by atoms with van der Waals surface area (Å²) in [6.07, 6.45) is 2.79. The van der Waals surface area contributed by atoms with Crippen molar-refractivity contribution in [3.63, 3.8) is 0 Å². The van der Waals surface area contributed by atoms with Gasteiger partial charge in [-0.05, 0) is 24.3 Å². The molecule has 1 saturated carbocycles. The molecule has 0 unspecified atom stereocenters. The summed E-state index contributed by atoms with van der Waals surface area (Å²) in [6.45, 7) is 0.663. The molecule has 0 bridgehead atoms. The molecule has 1 aliphatic rings. The molecular weight excluding hydrogens is 216 g/mol.